The maximum Gasteiger partial charge on any atom is 0.238 e. The molecule has 1 fully saturated rings. The number of nitrogens with two attached hydrogens (primary N) is 1. The summed E-state index contributed by atoms with van der Waals surface area (Å²) < 4.78 is 22.7. The van der Waals surface area contributed by atoms with Gasteiger partial charge in [0.1, 0.15) is 0 Å². The van der Waals surface area contributed by atoms with Gasteiger partial charge in [0.15, 0.2) is 9.84 Å². The first-order valence-corrected chi connectivity index (χ1v) is 8.81. The number of carbonyl (C=O) groups excluding carboxylic acids is 1. The summed E-state index contributed by atoms with van der Waals surface area (Å²) in [7, 11) is -3.21. The molecule has 0 saturated carbocycles. The minimum absolute atomic E-state index is 0.0995. The molecule has 3 N–H and O–H groups in total. The maximum atomic E-state index is 11.9. The van der Waals surface area contributed by atoms with Gasteiger partial charge in [-0.3, -0.25) is 9.69 Å². The van der Waals surface area contributed by atoms with E-state index >= 15 is 0 Å². The van der Waals surface area contributed by atoms with Gasteiger partial charge in [0.25, 0.3) is 0 Å². The van der Waals surface area contributed by atoms with Crippen LogP contribution in [-0.4, -0.2) is 51.2 Å². The van der Waals surface area contributed by atoms with Gasteiger partial charge in [0, 0.05) is 31.1 Å². The van der Waals surface area contributed by atoms with Crippen LogP contribution in [0.15, 0.2) is 29.2 Å². The highest BCUT2D eigenvalue weighted by Gasteiger charge is 2.18. The van der Waals surface area contributed by atoms with E-state index in [0.29, 0.717) is 12.2 Å². The van der Waals surface area contributed by atoms with Gasteiger partial charge in [-0.05, 0) is 37.1 Å². The highest BCUT2D eigenvalue weighted by atomic mass is 32.2. The summed E-state index contributed by atoms with van der Waals surface area (Å²) in [4.78, 5) is 14.3. The Labute approximate surface area is 125 Å². The van der Waals surface area contributed by atoms with Crippen molar-refractivity contribution in [1.29, 1.82) is 0 Å². The molecule has 2 rings (SSSR count). The van der Waals surface area contributed by atoms with Gasteiger partial charge in [0.2, 0.25) is 5.91 Å². The largest absolute Gasteiger partial charge is 0.328 e. The van der Waals surface area contributed by atoms with Crippen LogP contribution < -0.4 is 11.1 Å². The number of carbonyl (C=O) groups is 1. The number of nitrogens with one attached hydrogen (secondary N) is 1. The lowest BCUT2D eigenvalue weighted by Crippen LogP contribution is -2.43. The van der Waals surface area contributed by atoms with E-state index in [1.165, 1.54) is 12.1 Å². The first kappa shape index (κ1) is 15.9. The molecule has 21 heavy (non-hydrogen) atoms. The summed E-state index contributed by atoms with van der Waals surface area (Å²) in [6, 6.07) is 6.42. The molecule has 0 spiro atoms. The molecule has 1 aliphatic rings. The minimum Gasteiger partial charge on any atom is -0.328 e. The molecule has 1 aliphatic heterocycles. The van der Waals surface area contributed by atoms with Crippen LogP contribution in [0.5, 0.6) is 0 Å². The van der Waals surface area contributed by atoms with Crippen molar-refractivity contribution in [3.05, 3.63) is 24.3 Å². The Morgan fingerprint density at radius 1 is 1.29 bits per heavy atom. The van der Waals surface area contributed by atoms with Crippen molar-refractivity contribution in [1.82, 2.24) is 4.90 Å². The topological polar surface area (TPSA) is 92.5 Å². The van der Waals surface area contributed by atoms with Crippen LogP contribution in [0, 0.1) is 0 Å². The van der Waals surface area contributed by atoms with E-state index in [9.17, 15) is 13.2 Å². The second-order valence-corrected chi connectivity index (χ2v) is 7.47. The van der Waals surface area contributed by atoms with E-state index < -0.39 is 9.84 Å². The summed E-state index contributed by atoms with van der Waals surface area (Å²) in [5.74, 6) is -0.0995. The third-order valence-corrected chi connectivity index (χ3v) is 4.69. The summed E-state index contributed by atoms with van der Waals surface area (Å²) in [6.45, 7) is 2.00. The van der Waals surface area contributed by atoms with Crippen molar-refractivity contribution in [3.63, 3.8) is 0 Å². The Kier molecular flexibility index (Phi) is 4.97. The number of benzene rings is 1. The van der Waals surface area contributed by atoms with E-state index in [-0.39, 0.29) is 16.8 Å². The van der Waals surface area contributed by atoms with Crippen LogP contribution in [-0.2, 0) is 14.6 Å². The highest BCUT2D eigenvalue weighted by Crippen LogP contribution is 2.14. The first-order valence-electron chi connectivity index (χ1n) is 6.92. The van der Waals surface area contributed by atoms with Crippen molar-refractivity contribution < 1.29 is 13.2 Å². The van der Waals surface area contributed by atoms with E-state index in [2.05, 4.69) is 10.2 Å². The SMILES string of the molecule is CS(=O)(=O)c1ccc(NC(=O)CN2CCC(N)CC2)cc1. The zero-order chi connectivity index (χ0) is 15.5. The number of likely N-dealkylation sites (tertiary alicyclic amines) is 1. The van der Waals surface area contributed by atoms with Crippen LogP contribution >= 0.6 is 0 Å². The van der Waals surface area contributed by atoms with Crippen LogP contribution in [0.2, 0.25) is 0 Å². The molecule has 0 aromatic heterocycles. The minimum atomic E-state index is -3.21. The normalized spacial score (nSPS) is 17.6. The van der Waals surface area contributed by atoms with Crippen molar-refractivity contribution in [2.75, 3.05) is 31.2 Å². The summed E-state index contributed by atoms with van der Waals surface area (Å²) in [5.41, 5.74) is 6.42. The Bertz CT molecular complexity index is 590. The van der Waals surface area contributed by atoms with Crippen molar-refractivity contribution in [2.45, 2.75) is 23.8 Å². The Morgan fingerprint density at radius 3 is 2.38 bits per heavy atom. The van der Waals surface area contributed by atoms with Crippen LogP contribution in [0.4, 0.5) is 5.69 Å². The van der Waals surface area contributed by atoms with Gasteiger partial charge >= 0.3 is 0 Å². The molecular formula is C14H21N3O3S. The molecule has 6 nitrogen and oxygen atoms in total. The van der Waals surface area contributed by atoms with Crippen molar-refractivity contribution in [3.8, 4) is 0 Å². The fraction of sp³-hybridized carbons (Fsp3) is 0.500. The van der Waals surface area contributed by atoms with Gasteiger partial charge in [-0.1, -0.05) is 0 Å². The van der Waals surface area contributed by atoms with Crippen LogP contribution in [0.1, 0.15) is 12.8 Å². The lowest BCUT2D eigenvalue weighted by molar-refractivity contribution is -0.117. The monoisotopic (exact) mass is 311 g/mol. The van der Waals surface area contributed by atoms with Gasteiger partial charge in [-0.2, -0.15) is 0 Å². The second kappa shape index (κ2) is 6.55. The molecule has 0 unspecified atom stereocenters. The average Bonchev–Trinajstić information content (AvgIpc) is 2.41. The quantitative estimate of drug-likeness (QED) is 0.842. The number of piperidine rings is 1. The molecule has 0 atom stereocenters. The van der Waals surface area contributed by atoms with E-state index in [0.717, 1.165) is 32.2 Å². The van der Waals surface area contributed by atoms with E-state index in [1.54, 1.807) is 12.1 Å². The van der Waals surface area contributed by atoms with Gasteiger partial charge in [0.05, 0.1) is 11.4 Å². The predicted octanol–water partition coefficient (Wildman–Crippen LogP) is 0.452. The number of hydrogen-bond donors (Lipinski definition) is 2. The Hall–Kier alpha value is -1.44. The standard InChI is InChI=1S/C14H21N3O3S/c1-21(19,20)13-4-2-12(3-5-13)16-14(18)10-17-8-6-11(15)7-9-17/h2-5,11H,6-10,15H2,1H3,(H,16,18). The molecule has 1 amide bonds. The molecule has 1 heterocycles. The van der Waals surface area contributed by atoms with E-state index in [1.807, 2.05) is 0 Å². The number of sulfone groups is 1. The molecule has 1 aromatic carbocycles. The Balaban J connectivity index is 1.88. The average molecular weight is 311 g/mol. The molecule has 1 saturated heterocycles. The molecule has 0 bridgehead atoms. The predicted molar refractivity (Wildman–Crippen MR) is 81.8 cm³/mol. The van der Waals surface area contributed by atoms with Crippen LogP contribution in [0.25, 0.3) is 0 Å². The molecular weight excluding hydrogens is 290 g/mol. The molecule has 1 aromatic rings. The number of hydrogen-bond acceptors (Lipinski definition) is 5. The summed E-state index contributed by atoms with van der Waals surface area (Å²) in [5, 5.41) is 2.77. The fourth-order valence-corrected chi connectivity index (χ4v) is 2.93. The summed E-state index contributed by atoms with van der Waals surface area (Å²) in [6.07, 6.45) is 2.98. The first-order chi connectivity index (χ1) is 9.84. The van der Waals surface area contributed by atoms with Gasteiger partial charge in [-0.15, -0.1) is 0 Å². The highest BCUT2D eigenvalue weighted by molar-refractivity contribution is 7.90. The molecule has 0 aliphatic carbocycles. The lowest BCUT2D eigenvalue weighted by Gasteiger charge is -2.29. The van der Waals surface area contributed by atoms with Crippen molar-refractivity contribution >= 4 is 21.4 Å². The third-order valence-electron chi connectivity index (χ3n) is 3.57. The number of amides is 1. The number of rotatable bonds is 4. The number of nitrogens with zero attached hydrogens (tertiary/aromatic N) is 1. The zero-order valence-corrected chi connectivity index (χ0v) is 12.9. The lowest BCUT2D eigenvalue weighted by atomic mass is 10.1. The zero-order valence-electron chi connectivity index (χ0n) is 12.1. The fourth-order valence-electron chi connectivity index (χ4n) is 2.30. The summed E-state index contributed by atoms with van der Waals surface area (Å²) >= 11 is 0. The Morgan fingerprint density at radius 2 is 1.86 bits per heavy atom. The van der Waals surface area contributed by atoms with Gasteiger partial charge in [-0.25, -0.2) is 8.42 Å². The van der Waals surface area contributed by atoms with Crippen molar-refractivity contribution in [2.24, 2.45) is 5.73 Å². The van der Waals surface area contributed by atoms with E-state index in [4.69, 9.17) is 5.73 Å². The second-order valence-electron chi connectivity index (χ2n) is 5.46. The molecule has 0 radical (unpaired) electrons. The van der Waals surface area contributed by atoms with Gasteiger partial charge < -0.3 is 11.1 Å². The molecule has 7 heteroatoms. The third kappa shape index (κ3) is 4.80. The smallest absolute Gasteiger partial charge is 0.238 e. The number of anilines is 1. The molecule has 116 valence electrons. The van der Waals surface area contributed by atoms with Crippen LogP contribution in [0.3, 0.4) is 0 Å². The maximum absolute atomic E-state index is 11.9.